The first kappa shape index (κ1) is 17.5. The molecule has 1 atom stereocenters. The summed E-state index contributed by atoms with van der Waals surface area (Å²) < 4.78 is 5.19. The van der Waals surface area contributed by atoms with E-state index in [1.165, 1.54) is 11.3 Å². The van der Waals surface area contributed by atoms with Crippen molar-refractivity contribution in [3.63, 3.8) is 0 Å². The highest BCUT2D eigenvalue weighted by Gasteiger charge is 2.47. The number of carboxylic acid groups (broad SMARTS) is 1. The van der Waals surface area contributed by atoms with Crippen molar-refractivity contribution < 1.29 is 19.4 Å². The number of thiazole rings is 1. The van der Waals surface area contributed by atoms with Gasteiger partial charge < -0.3 is 20.1 Å². The highest BCUT2D eigenvalue weighted by atomic mass is 32.1. The Kier molecular flexibility index (Phi) is 4.57. The molecule has 0 spiro atoms. The van der Waals surface area contributed by atoms with E-state index in [1.807, 2.05) is 18.7 Å². The van der Waals surface area contributed by atoms with Crippen molar-refractivity contribution in [2.75, 3.05) is 18.0 Å². The minimum absolute atomic E-state index is 0.175. The van der Waals surface area contributed by atoms with Gasteiger partial charge in [-0.3, -0.25) is 0 Å². The van der Waals surface area contributed by atoms with Gasteiger partial charge in [0, 0.05) is 17.8 Å². The SMILES string of the molecule is Cc1nc(N2CCC(NC(=O)OC(C)(C)C)(C(=O)O)C2)sc1C. The summed E-state index contributed by atoms with van der Waals surface area (Å²) in [4.78, 5) is 31.2. The number of aliphatic carboxylic acids is 1. The molecular weight excluding hydrogens is 318 g/mol. The summed E-state index contributed by atoms with van der Waals surface area (Å²) in [6.45, 7) is 9.82. The van der Waals surface area contributed by atoms with Gasteiger partial charge in [0.2, 0.25) is 0 Å². The Morgan fingerprint density at radius 1 is 1.39 bits per heavy atom. The lowest BCUT2D eigenvalue weighted by molar-refractivity contribution is -0.143. The minimum Gasteiger partial charge on any atom is -0.479 e. The van der Waals surface area contributed by atoms with E-state index in [9.17, 15) is 14.7 Å². The zero-order valence-electron chi connectivity index (χ0n) is 14.1. The first-order valence-corrected chi connectivity index (χ1v) is 8.28. The first-order valence-electron chi connectivity index (χ1n) is 7.46. The number of carboxylic acids is 1. The Morgan fingerprint density at radius 3 is 2.52 bits per heavy atom. The third-order valence-electron chi connectivity index (χ3n) is 3.71. The van der Waals surface area contributed by atoms with Gasteiger partial charge in [0.1, 0.15) is 5.60 Å². The van der Waals surface area contributed by atoms with Crippen molar-refractivity contribution >= 4 is 28.5 Å². The van der Waals surface area contributed by atoms with Crippen LogP contribution in [0.4, 0.5) is 9.93 Å². The largest absolute Gasteiger partial charge is 0.479 e. The fourth-order valence-corrected chi connectivity index (χ4v) is 3.33. The van der Waals surface area contributed by atoms with E-state index in [0.717, 1.165) is 15.7 Å². The number of alkyl carbamates (subject to hydrolysis) is 1. The van der Waals surface area contributed by atoms with Crippen molar-refractivity contribution in [3.8, 4) is 0 Å². The van der Waals surface area contributed by atoms with Gasteiger partial charge >= 0.3 is 12.1 Å². The Hall–Kier alpha value is -1.83. The second-order valence-corrected chi connectivity index (χ2v) is 8.01. The molecule has 1 aliphatic rings. The van der Waals surface area contributed by atoms with E-state index in [-0.39, 0.29) is 6.54 Å². The number of nitrogens with one attached hydrogen (secondary N) is 1. The van der Waals surface area contributed by atoms with Crippen LogP contribution in [-0.2, 0) is 9.53 Å². The zero-order chi connectivity index (χ0) is 17.4. The third-order valence-corrected chi connectivity index (χ3v) is 4.84. The minimum atomic E-state index is -1.35. The van der Waals surface area contributed by atoms with Crippen LogP contribution in [0.15, 0.2) is 0 Å². The van der Waals surface area contributed by atoms with Crippen LogP contribution in [0.3, 0.4) is 0 Å². The monoisotopic (exact) mass is 341 g/mol. The highest BCUT2D eigenvalue weighted by Crippen LogP contribution is 2.32. The van der Waals surface area contributed by atoms with Crippen LogP contribution in [0.1, 0.15) is 37.8 Å². The first-order chi connectivity index (χ1) is 10.5. The molecule has 1 aromatic heterocycles. The second kappa shape index (κ2) is 5.99. The van der Waals surface area contributed by atoms with Gasteiger partial charge in [0.25, 0.3) is 0 Å². The number of amides is 1. The van der Waals surface area contributed by atoms with Crippen LogP contribution in [0.25, 0.3) is 0 Å². The molecule has 0 bridgehead atoms. The maximum Gasteiger partial charge on any atom is 0.408 e. The molecule has 1 fully saturated rings. The molecule has 128 valence electrons. The Labute approximate surface area is 139 Å². The maximum atomic E-state index is 12.0. The molecule has 1 unspecified atom stereocenters. The van der Waals surface area contributed by atoms with Gasteiger partial charge in [0.15, 0.2) is 10.7 Å². The van der Waals surface area contributed by atoms with Crippen LogP contribution >= 0.6 is 11.3 Å². The van der Waals surface area contributed by atoms with E-state index in [2.05, 4.69) is 10.3 Å². The number of hydrogen-bond acceptors (Lipinski definition) is 6. The number of anilines is 1. The lowest BCUT2D eigenvalue weighted by atomic mass is 9.99. The lowest BCUT2D eigenvalue weighted by Gasteiger charge is -2.28. The number of ether oxygens (including phenoxy) is 1. The average molecular weight is 341 g/mol. The fraction of sp³-hybridized carbons (Fsp3) is 0.667. The summed E-state index contributed by atoms with van der Waals surface area (Å²) in [5.74, 6) is -1.06. The smallest absolute Gasteiger partial charge is 0.408 e. The zero-order valence-corrected chi connectivity index (χ0v) is 14.9. The second-order valence-electron chi connectivity index (χ2n) is 6.82. The molecule has 8 heteroatoms. The van der Waals surface area contributed by atoms with E-state index in [1.54, 1.807) is 20.8 Å². The van der Waals surface area contributed by atoms with Gasteiger partial charge in [0.05, 0.1) is 12.2 Å². The number of nitrogens with zero attached hydrogens (tertiary/aromatic N) is 2. The van der Waals surface area contributed by atoms with Crippen LogP contribution in [-0.4, -0.2) is 46.4 Å². The standard InChI is InChI=1S/C15H23N3O4S/c1-9-10(2)23-12(16-9)18-7-6-15(8-18,11(19)20)17-13(21)22-14(3,4)5/h6-8H2,1-5H3,(H,17,21)(H,19,20). The van der Waals surface area contributed by atoms with Crippen molar-refractivity contribution in [1.29, 1.82) is 0 Å². The molecule has 0 saturated carbocycles. The number of hydrogen-bond donors (Lipinski definition) is 2. The van der Waals surface area contributed by atoms with Crippen molar-refractivity contribution in [2.45, 2.75) is 52.2 Å². The summed E-state index contributed by atoms with van der Waals surface area (Å²) in [6.07, 6.45) is -0.410. The molecule has 0 radical (unpaired) electrons. The van der Waals surface area contributed by atoms with Crippen molar-refractivity contribution in [2.24, 2.45) is 0 Å². The van der Waals surface area contributed by atoms with Crippen LogP contribution in [0, 0.1) is 13.8 Å². The van der Waals surface area contributed by atoms with Crippen LogP contribution < -0.4 is 10.2 Å². The Balaban J connectivity index is 2.14. The normalized spacial score (nSPS) is 21.3. The molecule has 0 aromatic carbocycles. The van der Waals surface area contributed by atoms with Gasteiger partial charge in [-0.1, -0.05) is 0 Å². The molecule has 1 saturated heterocycles. The molecule has 2 N–H and O–H groups in total. The number of aromatic nitrogens is 1. The summed E-state index contributed by atoms with van der Waals surface area (Å²) in [7, 11) is 0. The number of carbonyl (C=O) groups is 2. The number of carbonyl (C=O) groups excluding carboxylic acids is 1. The topological polar surface area (TPSA) is 91.8 Å². The third kappa shape index (κ3) is 3.93. The van der Waals surface area contributed by atoms with E-state index in [0.29, 0.717) is 13.0 Å². The molecule has 2 heterocycles. The highest BCUT2D eigenvalue weighted by molar-refractivity contribution is 7.15. The summed E-state index contributed by atoms with van der Waals surface area (Å²) in [5, 5.41) is 13.0. The van der Waals surface area contributed by atoms with Crippen molar-refractivity contribution in [3.05, 3.63) is 10.6 Å². The molecule has 1 amide bonds. The molecular formula is C15H23N3O4S. The van der Waals surface area contributed by atoms with E-state index in [4.69, 9.17) is 4.74 Å². The van der Waals surface area contributed by atoms with E-state index >= 15 is 0 Å². The van der Waals surface area contributed by atoms with Gasteiger partial charge in [-0.05, 0) is 34.6 Å². The molecule has 1 aromatic rings. The van der Waals surface area contributed by atoms with Gasteiger partial charge in [-0.2, -0.15) is 0 Å². The Morgan fingerprint density at radius 2 is 2.04 bits per heavy atom. The maximum absolute atomic E-state index is 12.0. The summed E-state index contributed by atoms with van der Waals surface area (Å²) in [5.41, 5.74) is -1.08. The van der Waals surface area contributed by atoms with Gasteiger partial charge in [-0.25, -0.2) is 14.6 Å². The Bertz CT molecular complexity index is 603. The number of rotatable bonds is 3. The average Bonchev–Trinajstić information content (AvgIpc) is 2.93. The van der Waals surface area contributed by atoms with E-state index < -0.39 is 23.2 Å². The predicted molar refractivity (Wildman–Crippen MR) is 88.2 cm³/mol. The predicted octanol–water partition coefficient (Wildman–Crippen LogP) is 2.32. The molecule has 0 aliphatic carbocycles. The summed E-state index contributed by atoms with van der Waals surface area (Å²) in [6, 6.07) is 0. The fourth-order valence-electron chi connectivity index (χ4n) is 2.39. The molecule has 2 rings (SSSR count). The number of aryl methyl sites for hydroxylation is 2. The molecule has 1 aliphatic heterocycles. The molecule has 23 heavy (non-hydrogen) atoms. The van der Waals surface area contributed by atoms with Gasteiger partial charge in [-0.15, -0.1) is 11.3 Å². The molecule has 7 nitrogen and oxygen atoms in total. The van der Waals surface area contributed by atoms with Crippen molar-refractivity contribution in [1.82, 2.24) is 10.3 Å². The summed E-state index contributed by atoms with van der Waals surface area (Å²) >= 11 is 1.53. The van der Waals surface area contributed by atoms with Crippen LogP contribution in [0.5, 0.6) is 0 Å². The lowest BCUT2D eigenvalue weighted by Crippen LogP contribution is -2.57. The quantitative estimate of drug-likeness (QED) is 0.876. The van der Waals surface area contributed by atoms with Crippen LogP contribution in [0.2, 0.25) is 0 Å².